The maximum atomic E-state index is 13.1. The van der Waals surface area contributed by atoms with E-state index >= 15 is 0 Å². The number of amides is 3. The molecule has 0 saturated carbocycles. The maximum absolute atomic E-state index is 13.1. The third-order valence-electron chi connectivity index (χ3n) is 8.43. The molecule has 4 aromatic rings. The van der Waals surface area contributed by atoms with Gasteiger partial charge in [-0.15, -0.1) is 11.8 Å². The van der Waals surface area contributed by atoms with Crippen molar-refractivity contribution in [3.05, 3.63) is 101 Å². The minimum atomic E-state index is -4.61. The standard InChI is InChI=1S/C20H22N4O10S.C17H14F3N3O2S/c1-9(25)33-10(2)34-19(28)15-11(7-32-20(21)29)8-35-18-14(17(27)24(15)18)22-16(26)13(23-30-3)12-5-4-6-31-12;1-11-2-4-12(5-3-11)15-10-16(17(18,19)20)22-23(15)13-6-8-14(9-7-13)26(21,24)25/h4-6,10,14,18H,7-8H2,1-3H3,(H2,21,29)(H,22,26);2-10H,1H3,(H2,21,24,25)/b23-13+;/t10?,14-,18-;/m1./s1. The zero-order chi connectivity index (χ0) is 44.8. The lowest BCUT2D eigenvalue weighted by Crippen LogP contribution is -2.71. The van der Waals surface area contributed by atoms with E-state index in [2.05, 4.69) is 15.6 Å². The van der Waals surface area contributed by atoms with Gasteiger partial charge in [0.05, 0.1) is 22.5 Å². The number of carbonyl (C=O) groups excluding carboxylic acids is 5. The number of ether oxygens (including phenoxy) is 3. The topological polar surface area (TPSA) is 267 Å². The molecule has 0 spiro atoms. The molecule has 2 aliphatic heterocycles. The van der Waals surface area contributed by atoms with Gasteiger partial charge in [-0.3, -0.25) is 19.3 Å². The van der Waals surface area contributed by atoms with E-state index in [1.807, 2.05) is 6.92 Å². The predicted molar refractivity (Wildman–Crippen MR) is 207 cm³/mol. The van der Waals surface area contributed by atoms with E-state index in [1.54, 1.807) is 30.3 Å². The molecule has 324 valence electrons. The van der Waals surface area contributed by atoms with Crippen LogP contribution in [0.15, 0.2) is 98.7 Å². The number of halogens is 3. The number of hydrogen-bond acceptors (Lipinski definition) is 15. The Bertz CT molecular complexity index is 2470. The number of aryl methyl sites for hydroxylation is 1. The number of esters is 2. The van der Waals surface area contributed by atoms with Gasteiger partial charge in [-0.2, -0.15) is 18.3 Å². The highest BCUT2D eigenvalue weighted by Gasteiger charge is 2.55. The van der Waals surface area contributed by atoms with Crippen LogP contribution in [0.1, 0.15) is 30.9 Å². The maximum Gasteiger partial charge on any atom is 0.435 e. The zero-order valence-corrected chi connectivity index (χ0v) is 34.0. The molecule has 1 saturated heterocycles. The van der Waals surface area contributed by atoms with Crippen molar-refractivity contribution < 1.29 is 69.0 Å². The number of nitrogens with one attached hydrogen (secondary N) is 1. The summed E-state index contributed by atoms with van der Waals surface area (Å²) in [7, 11) is -2.65. The fourth-order valence-corrected chi connectivity index (χ4v) is 7.58. The van der Waals surface area contributed by atoms with E-state index < -0.39 is 69.4 Å². The lowest BCUT2D eigenvalue weighted by Gasteiger charge is -2.49. The Morgan fingerprint density at radius 1 is 1.08 bits per heavy atom. The van der Waals surface area contributed by atoms with Crippen molar-refractivity contribution >= 4 is 57.3 Å². The van der Waals surface area contributed by atoms with E-state index in [0.717, 1.165) is 28.1 Å². The average Bonchev–Trinajstić information content (AvgIpc) is 3.89. The molecule has 1 unspecified atom stereocenters. The number of nitrogens with zero attached hydrogens (tertiary/aromatic N) is 4. The van der Waals surface area contributed by atoms with E-state index in [9.17, 15) is 45.6 Å². The number of carbonyl (C=O) groups is 5. The number of benzene rings is 2. The van der Waals surface area contributed by atoms with Crippen LogP contribution in [0.25, 0.3) is 16.9 Å². The minimum absolute atomic E-state index is 0.124. The molecule has 61 heavy (non-hydrogen) atoms. The Morgan fingerprint density at radius 3 is 2.31 bits per heavy atom. The molecule has 0 radical (unpaired) electrons. The summed E-state index contributed by atoms with van der Waals surface area (Å²) in [6, 6.07) is 15.1. The van der Waals surface area contributed by atoms with Gasteiger partial charge in [0.2, 0.25) is 22.0 Å². The minimum Gasteiger partial charge on any atom is -0.462 e. The van der Waals surface area contributed by atoms with Gasteiger partial charge in [0, 0.05) is 30.7 Å². The summed E-state index contributed by atoms with van der Waals surface area (Å²) < 4.78 is 83.1. The lowest BCUT2D eigenvalue weighted by molar-refractivity contribution is -0.182. The summed E-state index contributed by atoms with van der Waals surface area (Å²) >= 11 is 1.21. The van der Waals surface area contributed by atoms with Crippen molar-refractivity contribution in [3.63, 3.8) is 0 Å². The predicted octanol–water partition coefficient (Wildman–Crippen LogP) is 3.35. The van der Waals surface area contributed by atoms with Gasteiger partial charge in [0.1, 0.15) is 30.8 Å². The molecular weight excluding hydrogens is 856 g/mol. The summed E-state index contributed by atoms with van der Waals surface area (Å²) in [4.78, 5) is 66.5. The molecule has 2 aromatic heterocycles. The number of alkyl halides is 3. The number of β-lactam (4-membered cyclic amide) rings is 1. The van der Waals surface area contributed by atoms with Crippen LogP contribution in [0.3, 0.4) is 0 Å². The van der Waals surface area contributed by atoms with Crippen LogP contribution >= 0.6 is 11.8 Å². The summed E-state index contributed by atoms with van der Waals surface area (Å²) in [6.45, 7) is 3.96. The van der Waals surface area contributed by atoms with Gasteiger partial charge in [-0.25, -0.2) is 27.8 Å². The molecule has 4 heterocycles. The quantitative estimate of drug-likeness (QED) is 0.0606. The fourth-order valence-electron chi connectivity index (χ4n) is 5.74. The second-order valence-electron chi connectivity index (χ2n) is 12.8. The Labute approximate surface area is 348 Å². The van der Waals surface area contributed by atoms with Crippen molar-refractivity contribution in [1.82, 2.24) is 20.0 Å². The summed E-state index contributed by atoms with van der Waals surface area (Å²) in [5, 5.41) is 14.2. The molecular formula is C37H36F3N7O12S2. The van der Waals surface area contributed by atoms with Gasteiger partial charge >= 0.3 is 24.2 Å². The number of primary sulfonamides is 1. The highest BCUT2D eigenvalue weighted by atomic mass is 32.2. The van der Waals surface area contributed by atoms with Gasteiger partial charge in [0.25, 0.3) is 11.8 Å². The van der Waals surface area contributed by atoms with Crippen molar-refractivity contribution in [2.24, 2.45) is 16.0 Å². The molecule has 6 rings (SSSR count). The molecule has 2 aromatic carbocycles. The van der Waals surface area contributed by atoms with Crippen LogP contribution in [-0.4, -0.2) is 95.8 Å². The van der Waals surface area contributed by atoms with Crippen LogP contribution in [0.5, 0.6) is 0 Å². The first-order chi connectivity index (χ1) is 28.7. The fraction of sp³-hybridized carbons (Fsp3) is 0.270. The van der Waals surface area contributed by atoms with Crippen molar-refractivity contribution in [2.75, 3.05) is 19.5 Å². The van der Waals surface area contributed by atoms with Crippen LogP contribution in [-0.2, 0) is 54.4 Å². The first kappa shape index (κ1) is 45.4. The van der Waals surface area contributed by atoms with Crippen LogP contribution in [0.4, 0.5) is 18.0 Å². The molecule has 24 heteroatoms. The van der Waals surface area contributed by atoms with Gasteiger partial charge < -0.3 is 34.5 Å². The normalized spacial score (nSPS) is 16.9. The van der Waals surface area contributed by atoms with Gasteiger partial charge in [-0.05, 0) is 49.4 Å². The second kappa shape index (κ2) is 18.7. The summed E-state index contributed by atoms with van der Waals surface area (Å²) in [5.74, 6) is -2.75. The van der Waals surface area contributed by atoms with Crippen molar-refractivity contribution in [1.29, 1.82) is 0 Å². The average molecular weight is 892 g/mol. The molecule has 1 fully saturated rings. The number of nitrogens with two attached hydrogens (primary N) is 2. The SMILES string of the molecule is CO/N=C(/C(=O)N[C@@H]1C(=O)N2C(C(=O)OC(C)OC(C)=O)=C(COC(N)=O)CS[C@H]12)c1ccco1.Cc1ccc(-c2cc(C(F)(F)F)nn2-c2ccc(S(N)(=O)=O)cc2)cc1. The summed E-state index contributed by atoms with van der Waals surface area (Å²) in [6.07, 6.45) is -5.58. The first-order valence-corrected chi connectivity index (χ1v) is 20.1. The van der Waals surface area contributed by atoms with E-state index in [0.29, 0.717) is 5.56 Å². The third kappa shape index (κ3) is 10.9. The lowest BCUT2D eigenvalue weighted by atomic mass is 10.0. The number of primary amides is 1. The first-order valence-electron chi connectivity index (χ1n) is 17.5. The number of oxime groups is 1. The number of thioether (sulfide) groups is 1. The molecule has 3 atom stereocenters. The zero-order valence-electron chi connectivity index (χ0n) is 32.4. The molecule has 19 nitrogen and oxygen atoms in total. The monoisotopic (exact) mass is 891 g/mol. The molecule has 0 bridgehead atoms. The van der Waals surface area contributed by atoms with Crippen LogP contribution in [0.2, 0.25) is 0 Å². The van der Waals surface area contributed by atoms with Gasteiger partial charge in [0.15, 0.2) is 11.5 Å². The highest BCUT2D eigenvalue weighted by molar-refractivity contribution is 8.00. The van der Waals surface area contributed by atoms with Crippen molar-refractivity contribution in [2.45, 2.75) is 49.5 Å². The molecule has 2 aliphatic rings. The van der Waals surface area contributed by atoms with Crippen molar-refractivity contribution in [3.8, 4) is 16.9 Å². The van der Waals surface area contributed by atoms with Crippen LogP contribution in [0, 0.1) is 6.92 Å². The number of furan rings is 1. The number of aromatic nitrogens is 2. The number of fused-ring (bicyclic) bond motifs is 1. The molecule has 3 amide bonds. The van der Waals surface area contributed by atoms with E-state index in [-0.39, 0.29) is 51.4 Å². The smallest absolute Gasteiger partial charge is 0.435 e. The number of rotatable bonds is 12. The summed E-state index contributed by atoms with van der Waals surface area (Å²) in [5.41, 5.74) is 5.88. The number of hydrogen-bond donors (Lipinski definition) is 3. The Balaban J connectivity index is 0.000000241. The van der Waals surface area contributed by atoms with Crippen LogP contribution < -0.4 is 16.2 Å². The van der Waals surface area contributed by atoms with E-state index in [4.69, 9.17) is 34.3 Å². The Hall–Kier alpha value is -6.66. The van der Waals surface area contributed by atoms with Gasteiger partial charge in [-0.1, -0.05) is 35.0 Å². The Kier molecular flexibility index (Phi) is 13.9. The second-order valence-corrected chi connectivity index (χ2v) is 15.5. The Morgan fingerprint density at radius 2 is 1.75 bits per heavy atom. The molecule has 5 N–H and O–H groups in total. The largest absolute Gasteiger partial charge is 0.462 e. The third-order valence-corrected chi connectivity index (χ3v) is 10.7. The molecule has 0 aliphatic carbocycles. The van der Waals surface area contributed by atoms with E-state index in [1.165, 1.54) is 62.4 Å². The highest BCUT2D eigenvalue weighted by Crippen LogP contribution is 2.41. The number of sulfonamides is 1.